The summed E-state index contributed by atoms with van der Waals surface area (Å²) in [5.74, 6) is -0.815. The number of carbonyl (C=O) groups excluding carboxylic acids is 3. The molecule has 2 aliphatic rings. The van der Waals surface area contributed by atoms with Gasteiger partial charge in [-0.1, -0.05) is 11.6 Å². The van der Waals surface area contributed by atoms with Crippen LogP contribution in [0.2, 0.25) is 5.02 Å². The predicted molar refractivity (Wildman–Crippen MR) is 149 cm³/mol. The number of hydrogen-bond acceptors (Lipinski definition) is 7. The van der Waals surface area contributed by atoms with Gasteiger partial charge in [0.1, 0.15) is 17.0 Å². The third-order valence-electron chi connectivity index (χ3n) is 7.57. The molecule has 0 unspecified atom stereocenters. The molecule has 2 N–H and O–H groups in total. The Kier molecular flexibility index (Phi) is 8.13. The fourth-order valence-electron chi connectivity index (χ4n) is 5.36. The van der Waals surface area contributed by atoms with Crippen molar-refractivity contribution >= 4 is 51.9 Å². The fourth-order valence-corrected chi connectivity index (χ4v) is 5.47. The molecule has 1 saturated carbocycles. The van der Waals surface area contributed by atoms with Gasteiger partial charge in [-0.15, -0.1) is 0 Å². The van der Waals surface area contributed by atoms with Gasteiger partial charge in [0.25, 0.3) is 5.91 Å². The molecular formula is C28H33ClN6O4. The molecule has 0 radical (unpaired) electrons. The van der Waals surface area contributed by atoms with Crippen molar-refractivity contribution in [3.63, 3.8) is 0 Å². The Labute approximate surface area is 232 Å². The molecule has 4 heterocycles. The lowest BCUT2D eigenvalue weighted by Gasteiger charge is -2.33. The molecule has 1 aliphatic carbocycles. The number of nitrogens with one attached hydrogen (secondary N) is 2. The van der Waals surface area contributed by atoms with Gasteiger partial charge in [-0.05, 0) is 75.9 Å². The fraction of sp³-hybridized carbons (Fsp3) is 0.464. The number of hydrogen-bond donors (Lipinski definition) is 2. The SMILES string of the molecule is CN(C)C(=O)Cc1ccc2oc(C(=O)Nc3ccc(Cl)cn3)c(NC(=O)[C@H]3CC[C@H](N4CCCC4)CC3)c2n1. The molecule has 5 rings (SSSR count). The van der Waals surface area contributed by atoms with Crippen LogP contribution in [0.4, 0.5) is 11.5 Å². The number of likely N-dealkylation sites (N-methyl/N-ethyl adjacent to an activating group) is 1. The maximum atomic E-state index is 13.4. The van der Waals surface area contributed by atoms with Crippen molar-refractivity contribution < 1.29 is 18.8 Å². The maximum absolute atomic E-state index is 13.4. The number of nitrogens with zero attached hydrogens (tertiary/aromatic N) is 4. The summed E-state index contributed by atoms with van der Waals surface area (Å²) < 4.78 is 5.89. The molecule has 3 amide bonds. The van der Waals surface area contributed by atoms with Crippen molar-refractivity contribution in [2.75, 3.05) is 37.8 Å². The summed E-state index contributed by atoms with van der Waals surface area (Å²) in [6, 6.07) is 7.07. The van der Waals surface area contributed by atoms with Crippen LogP contribution in [0.5, 0.6) is 0 Å². The Morgan fingerprint density at radius 3 is 2.46 bits per heavy atom. The van der Waals surface area contributed by atoms with Gasteiger partial charge in [-0.2, -0.15) is 0 Å². The number of likely N-dealkylation sites (tertiary alicyclic amines) is 1. The van der Waals surface area contributed by atoms with Crippen molar-refractivity contribution in [2.45, 2.75) is 51.0 Å². The first kappa shape index (κ1) is 27.1. The number of pyridine rings is 2. The van der Waals surface area contributed by atoms with Crippen LogP contribution in [0.3, 0.4) is 0 Å². The summed E-state index contributed by atoms with van der Waals surface area (Å²) in [7, 11) is 3.35. The van der Waals surface area contributed by atoms with Crippen molar-refractivity contribution in [3.8, 4) is 0 Å². The molecule has 11 heteroatoms. The second-order valence-electron chi connectivity index (χ2n) is 10.5. The highest BCUT2D eigenvalue weighted by Gasteiger charge is 2.32. The van der Waals surface area contributed by atoms with Gasteiger partial charge < -0.3 is 24.9 Å². The highest BCUT2D eigenvalue weighted by Crippen LogP contribution is 2.34. The number of aromatic nitrogens is 2. The first-order chi connectivity index (χ1) is 18.8. The Balaban J connectivity index is 1.40. The summed E-state index contributed by atoms with van der Waals surface area (Å²) in [4.78, 5) is 51.8. The van der Waals surface area contributed by atoms with Crippen LogP contribution in [0.25, 0.3) is 11.1 Å². The summed E-state index contributed by atoms with van der Waals surface area (Å²) >= 11 is 5.91. The van der Waals surface area contributed by atoms with Gasteiger partial charge in [-0.25, -0.2) is 9.97 Å². The normalized spacial score (nSPS) is 19.7. The number of carbonyl (C=O) groups is 3. The van der Waals surface area contributed by atoms with Crippen molar-refractivity contribution in [3.05, 3.63) is 46.9 Å². The molecular weight excluding hydrogens is 520 g/mol. The van der Waals surface area contributed by atoms with E-state index in [0.29, 0.717) is 27.9 Å². The number of anilines is 2. The van der Waals surface area contributed by atoms with Crippen LogP contribution in [0.1, 0.15) is 54.8 Å². The van der Waals surface area contributed by atoms with E-state index in [-0.39, 0.29) is 41.4 Å². The summed E-state index contributed by atoms with van der Waals surface area (Å²) in [5, 5.41) is 6.09. The third kappa shape index (κ3) is 6.23. The van der Waals surface area contributed by atoms with Crippen LogP contribution in [-0.4, -0.2) is 70.7 Å². The molecule has 1 saturated heterocycles. The van der Waals surface area contributed by atoms with E-state index in [0.717, 1.165) is 38.8 Å². The van der Waals surface area contributed by atoms with E-state index in [1.807, 2.05) is 0 Å². The van der Waals surface area contributed by atoms with Gasteiger partial charge in [0.2, 0.25) is 17.6 Å². The summed E-state index contributed by atoms with van der Waals surface area (Å²) in [5.41, 5.74) is 1.36. The maximum Gasteiger partial charge on any atom is 0.294 e. The van der Waals surface area contributed by atoms with Crippen molar-refractivity contribution in [2.24, 2.45) is 5.92 Å². The highest BCUT2D eigenvalue weighted by atomic mass is 35.5. The average Bonchev–Trinajstić information content (AvgIpc) is 3.59. The molecule has 0 aromatic carbocycles. The molecule has 3 aromatic heterocycles. The molecule has 0 bridgehead atoms. The number of rotatable bonds is 7. The van der Waals surface area contributed by atoms with Gasteiger partial charge >= 0.3 is 0 Å². The van der Waals surface area contributed by atoms with Crippen LogP contribution < -0.4 is 10.6 Å². The Bertz CT molecular complexity index is 1360. The zero-order valence-corrected chi connectivity index (χ0v) is 23.0. The standard InChI is InChI=1S/C28H33ClN6O4/c1-34(2)23(36)15-19-8-11-21-24(31-19)25(26(39-21)28(38)32-22-12-7-18(29)16-30-22)33-27(37)17-5-9-20(10-6-17)35-13-3-4-14-35/h7-8,11-12,16-17,20H,3-6,9-10,13-15H2,1-2H3,(H,33,37)(H,30,32,38)/t17-,20-. The van der Waals surface area contributed by atoms with Gasteiger partial charge in [0.15, 0.2) is 5.58 Å². The van der Waals surface area contributed by atoms with Gasteiger partial charge in [0, 0.05) is 32.3 Å². The lowest BCUT2D eigenvalue weighted by Crippen LogP contribution is -2.38. The van der Waals surface area contributed by atoms with Crippen molar-refractivity contribution in [1.29, 1.82) is 0 Å². The highest BCUT2D eigenvalue weighted by molar-refractivity contribution is 6.30. The summed E-state index contributed by atoms with van der Waals surface area (Å²) in [6.07, 6.45) is 7.54. The van der Waals surface area contributed by atoms with E-state index in [1.165, 1.54) is 23.9 Å². The topological polar surface area (TPSA) is 121 Å². The van der Waals surface area contributed by atoms with Crippen molar-refractivity contribution in [1.82, 2.24) is 19.8 Å². The molecule has 3 aromatic rings. The first-order valence-electron chi connectivity index (χ1n) is 13.4. The zero-order valence-electron chi connectivity index (χ0n) is 22.2. The molecule has 1 aliphatic heterocycles. The third-order valence-corrected chi connectivity index (χ3v) is 7.79. The van der Waals surface area contributed by atoms with Crippen LogP contribution >= 0.6 is 11.6 Å². The number of fused-ring (bicyclic) bond motifs is 1. The molecule has 10 nitrogen and oxygen atoms in total. The average molecular weight is 553 g/mol. The van der Waals surface area contributed by atoms with E-state index in [2.05, 4.69) is 25.5 Å². The quantitative estimate of drug-likeness (QED) is 0.447. The predicted octanol–water partition coefficient (Wildman–Crippen LogP) is 4.35. The number of amides is 3. The van der Waals surface area contributed by atoms with Crippen LogP contribution in [0.15, 0.2) is 34.9 Å². The lowest BCUT2D eigenvalue weighted by atomic mass is 9.85. The summed E-state index contributed by atoms with van der Waals surface area (Å²) in [6.45, 7) is 2.29. The number of halogens is 1. The minimum absolute atomic E-state index is 0.0792. The van der Waals surface area contributed by atoms with E-state index in [9.17, 15) is 14.4 Å². The van der Waals surface area contributed by atoms with Crippen LogP contribution in [-0.2, 0) is 16.0 Å². The second kappa shape index (κ2) is 11.7. The zero-order chi connectivity index (χ0) is 27.5. The Morgan fingerprint density at radius 2 is 1.79 bits per heavy atom. The molecule has 0 spiro atoms. The lowest BCUT2D eigenvalue weighted by molar-refractivity contribution is -0.128. The Morgan fingerprint density at radius 1 is 1.05 bits per heavy atom. The molecule has 2 fully saturated rings. The second-order valence-corrected chi connectivity index (χ2v) is 10.9. The van der Waals surface area contributed by atoms with E-state index < -0.39 is 5.91 Å². The molecule has 206 valence electrons. The molecule has 0 atom stereocenters. The van der Waals surface area contributed by atoms with E-state index in [4.69, 9.17) is 16.0 Å². The van der Waals surface area contributed by atoms with Crippen LogP contribution in [0, 0.1) is 5.92 Å². The largest absolute Gasteiger partial charge is 0.447 e. The monoisotopic (exact) mass is 552 g/mol. The smallest absolute Gasteiger partial charge is 0.294 e. The van der Waals surface area contributed by atoms with Gasteiger partial charge in [-0.3, -0.25) is 14.4 Å². The van der Waals surface area contributed by atoms with E-state index in [1.54, 1.807) is 38.4 Å². The minimum Gasteiger partial charge on any atom is -0.447 e. The first-order valence-corrected chi connectivity index (χ1v) is 13.8. The van der Waals surface area contributed by atoms with Gasteiger partial charge in [0.05, 0.1) is 17.1 Å². The molecule has 39 heavy (non-hydrogen) atoms. The van der Waals surface area contributed by atoms with E-state index >= 15 is 0 Å². The Hall–Kier alpha value is -3.50. The minimum atomic E-state index is -0.582. The number of furan rings is 1.